The smallest absolute Gasteiger partial charge is 0.246 e. The van der Waals surface area contributed by atoms with Crippen molar-refractivity contribution in [2.45, 2.75) is 37.5 Å². The number of hydrogen-bond donors (Lipinski definition) is 2. The van der Waals surface area contributed by atoms with Gasteiger partial charge in [0.15, 0.2) is 0 Å². The van der Waals surface area contributed by atoms with E-state index in [4.69, 9.17) is 0 Å². The van der Waals surface area contributed by atoms with Crippen molar-refractivity contribution in [1.82, 2.24) is 19.5 Å². The number of rotatable bonds is 3. The van der Waals surface area contributed by atoms with Gasteiger partial charge in [-0.3, -0.25) is 5.10 Å². The first kappa shape index (κ1) is 17.2. The highest BCUT2D eigenvalue weighted by molar-refractivity contribution is 7.89. The van der Waals surface area contributed by atoms with Crippen molar-refractivity contribution in [3.8, 4) is 0 Å². The van der Waals surface area contributed by atoms with Crippen LogP contribution in [-0.4, -0.2) is 41.0 Å². The summed E-state index contributed by atoms with van der Waals surface area (Å²) >= 11 is 0. The van der Waals surface area contributed by atoms with Crippen molar-refractivity contribution in [2.24, 2.45) is 0 Å². The standard InChI is InChI=1S/C18H21FN4O2S/c1-11-18(12(2)22-21-11)26(24,25)23-7-3-4-13(10-23)17-9-14-8-15(19)5-6-16(14)20-17/h5-6,8-9,13,20H,3-4,7,10H2,1-2H3,(H,21,22). The van der Waals surface area contributed by atoms with Gasteiger partial charge in [-0.25, -0.2) is 12.8 Å². The van der Waals surface area contributed by atoms with Crippen LogP contribution in [0.4, 0.5) is 4.39 Å². The number of aromatic nitrogens is 3. The second-order valence-electron chi connectivity index (χ2n) is 6.92. The molecule has 1 unspecified atom stereocenters. The Morgan fingerprint density at radius 1 is 1.27 bits per heavy atom. The lowest BCUT2D eigenvalue weighted by Crippen LogP contribution is -2.39. The van der Waals surface area contributed by atoms with Crippen molar-refractivity contribution in [3.63, 3.8) is 0 Å². The SMILES string of the molecule is Cc1n[nH]c(C)c1S(=O)(=O)N1CCCC(c2cc3cc(F)ccc3[nH]2)C1. The Morgan fingerprint density at radius 2 is 2.08 bits per heavy atom. The van der Waals surface area contributed by atoms with Gasteiger partial charge < -0.3 is 4.98 Å². The van der Waals surface area contributed by atoms with Gasteiger partial charge in [-0.15, -0.1) is 0 Å². The third kappa shape index (κ3) is 2.83. The quantitative estimate of drug-likeness (QED) is 0.736. The van der Waals surface area contributed by atoms with E-state index >= 15 is 0 Å². The number of aryl methyl sites for hydroxylation is 2. The Labute approximate surface area is 151 Å². The molecule has 3 aromatic rings. The molecule has 1 aliphatic heterocycles. The van der Waals surface area contributed by atoms with Crippen LogP contribution in [0.3, 0.4) is 0 Å². The Kier molecular flexibility index (Phi) is 4.11. The Morgan fingerprint density at radius 3 is 2.81 bits per heavy atom. The first-order chi connectivity index (χ1) is 12.4. The molecule has 3 heterocycles. The van der Waals surface area contributed by atoms with E-state index in [1.165, 1.54) is 16.4 Å². The molecule has 0 aliphatic carbocycles. The summed E-state index contributed by atoms with van der Waals surface area (Å²) in [5.41, 5.74) is 2.87. The molecule has 2 aromatic heterocycles. The Balaban J connectivity index is 1.64. The van der Waals surface area contributed by atoms with Gasteiger partial charge in [-0.05, 0) is 51.0 Å². The van der Waals surface area contributed by atoms with Crippen LogP contribution in [0.1, 0.15) is 35.8 Å². The number of nitrogens with zero attached hydrogens (tertiary/aromatic N) is 2. The van der Waals surface area contributed by atoms with Crippen molar-refractivity contribution in [2.75, 3.05) is 13.1 Å². The summed E-state index contributed by atoms with van der Waals surface area (Å²) < 4.78 is 41.1. The molecule has 138 valence electrons. The summed E-state index contributed by atoms with van der Waals surface area (Å²) in [5.74, 6) is -0.219. The Bertz CT molecular complexity index is 1050. The predicted molar refractivity (Wildman–Crippen MR) is 97.1 cm³/mol. The number of aromatic amines is 2. The van der Waals surface area contributed by atoms with Gasteiger partial charge >= 0.3 is 0 Å². The zero-order valence-corrected chi connectivity index (χ0v) is 15.5. The number of fused-ring (bicyclic) bond motifs is 1. The number of piperidine rings is 1. The molecule has 0 radical (unpaired) electrons. The van der Waals surface area contributed by atoms with E-state index in [1.807, 2.05) is 6.07 Å². The van der Waals surface area contributed by atoms with Crippen LogP contribution in [0.5, 0.6) is 0 Å². The van der Waals surface area contributed by atoms with Crippen molar-refractivity contribution < 1.29 is 12.8 Å². The fraction of sp³-hybridized carbons (Fsp3) is 0.389. The number of hydrogen-bond acceptors (Lipinski definition) is 3. The number of H-pyrrole nitrogens is 2. The van der Waals surface area contributed by atoms with Crippen LogP contribution in [0.15, 0.2) is 29.2 Å². The topological polar surface area (TPSA) is 81.8 Å². The molecule has 0 amide bonds. The van der Waals surface area contributed by atoms with Gasteiger partial charge in [0, 0.05) is 35.6 Å². The molecular formula is C18H21FN4O2S. The molecule has 0 saturated carbocycles. The fourth-order valence-corrected chi connectivity index (χ4v) is 5.67. The number of sulfonamides is 1. The van der Waals surface area contributed by atoms with Crippen molar-refractivity contribution in [1.29, 1.82) is 0 Å². The molecule has 1 saturated heterocycles. The monoisotopic (exact) mass is 376 g/mol. The molecule has 4 rings (SSSR count). The van der Waals surface area contributed by atoms with Gasteiger partial charge in [-0.2, -0.15) is 9.40 Å². The lowest BCUT2D eigenvalue weighted by molar-refractivity contribution is 0.313. The van der Waals surface area contributed by atoms with Gasteiger partial charge in [0.05, 0.1) is 11.4 Å². The lowest BCUT2D eigenvalue weighted by Gasteiger charge is -2.31. The third-order valence-corrected chi connectivity index (χ3v) is 7.21. The Hall–Kier alpha value is -2.19. The summed E-state index contributed by atoms with van der Waals surface area (Å²) in [4.78, 5) is 3.59. The molecule has 1 atom stereocenters. The van der Waals surface area contributed by atoms with E-state index in [2.05, 4.69) is 15.2 Å². The minimum absolute atomic E-state index is 0.0569. The predicted octanol–water partition coefficient (Wildman–Crippen LogP) is 3.22. The summed E-state index contributed by atoms with van der Waals surface area (Å²) in [6.45, 7) is 4.32. The van der Waals surface area contributed by atoms with Crippen molar-refractivity contribution in [3.05, 3.63) is 47.2 Å². The number of halogens is 1. The molecule has 26 heavy (non-hydrogen) atoms. The van der Waals surface area contributed by atoms with Gasteiger partial charge in [0.25, 0.3) is 0 Å². The van der Waals surface area contributed by atoms with E-state index in [1.54, 1.807) is 19.9 Å². The average molecular weight is 376 g/mol. The minimum Gasteiger partial charge on any atom is -0.358 e. The van der Waals surface area contributed by atoms with Crippen LogP contribution in [0, 0.1) is 19.7 Å². The normalized spacial score (nSPS) is 19.3. The second-order valence-corrected chi connectivity index (χ2v) is 8.80. The first-order valence-electron chi connectivity index (χ1n) is 8.66. The molecular weight excluding hydrogens is 355 g/mol. The minimum atomic E-state index is -3.59. The average Bonchev–Trinajstić information content (AvgIpc) is 3.18. The summed E-state index contributed by atoms with van der Waals surface area (Å²) in [7, 11) is -3.59. The van der Waals surface area contributed by atoms with Gasteiger partial charge in [-0.1, -0.05) is 0 Å². The molecule has 0 bridgehead atoms. The van der Waals surface area contributed by atoms with Gasteiger partial charge in [0.1, 0.15) is 10.7 Å². The zero-order chi connectivity index (χ0) is 18.5. The number of benzene rings is 1. The molecule has 8 heteroatoms. The van der Waals surface area contributed by atoms with E-state index in [9.17, 15) is 12.8 Å². The zero-order valence-electron chi connectivity index (χ0n) is 14.7. The van der Waals surface area contributed by atoms with Crippen LogP contribution in [-0.2, 0) is 10.0 Å². The van der Waals surface area contributed by atoms with Crippen LogP contribution in [0.2, 0.25) is 0 Å². The van der Waals surface area contributed by atoms with E-state index in [-0.39, 0.29) is 16.6 Å². The largest absolute Gasteiger partial charge is 0.358 e. The molecule has 1 aliphatic rings. The lowest BCUT2D eigenvalue weighted by atomic mass is 9.96. The summed E-state index contributed by atoms with van der Waals surface area (Å²) in [6.07, 6.45) is 1.67. The maximum absolute atomic E-state index is 13.4. The van der Waals surface area contributed by atoms with E-state index in [0.29, 0.717) is 24.5 Å². The molecule has 0 spiro atoms. The maximum Gasteiger partial charge on any atom is 0.246 e. The van der Waals surface area contributed by atoms with Gasteiger partial charge in [0.2, 0.25) is 10.0 Å². The fourth-order valence-electron chi connectivity index (χ4n) is 3.81. The van der Waals surface area contributed by atoms with E-state index in [0.717, 1.165) is 29.4 Å². The molecule has 1 fully saturated rings. The first-order valence-corrected chi connectivity index (χ1v) is 10.1. The third-order valence-electron chi connectivity index (χ3n) is 5.09. The highest BCUT2D eigenvalue weighted by atomic mass is 32.2. The highest BCUT2D eigenvalue weighted by Crippen LogP contribution is 2.32. The summed E-state index contributed by atoms with van der Waals surface area (Å²) in [6, 6.07) is 6.55. The molecule has 6 nitrogen and oxygen atoms in total. The van der Waals surface area contributed by atoms with Crippen LogP contribution >= 0.6 is 0 Å². The number of nitrogens with one attached hydrogen (secondary N) is 2. The van der Waals surface area contributed by atoms with Crippen molar-refractivity contribution >= 4 is 20.9 Å². The molecule has 1 aromatic carbocycles. The highest BCUT2D eigenvalue weighted by Gasteiger charge is 2.34. The summed E-state index contributed by atoms with van der Waals surface area (Å²) in [5, 5.41) is 7.58. The van der Waals surface area contributed by atoms with Crippen LogP contribution < -0.4 is 0 Å². The van der Waals surface area contributed by atoms with E-state index < -0.39 is 10.0 Å². The molecule has 2 N–H and O–H groups in total. The van der Waals surface area contributed by atoms with Crippen LogP contribution in [0.25, 0.3) is 10.9 Å². The second kappa shape index (κ2) is 6.21. The maximum atomic E-state index is 13.4.